The molecule has 0 unspecified atom stereocenters. The molecular weight excluding hydrogens is 159 g/mol. The van der Waals surface area contributed by atoms with Crippen LogP contribution in [0.4, 0.5) is 0 Å². The van der Waals surface area contributed by atoms with Gasteiger partial charge in [-0.15, -0.1) is 0 Å². The van der Waals surface area contributed by atoms with Crippen LogP contribution in [-0.2, 0) is 4.79 Å². The standard InChI is InChI=1S/C6H12O2S.Na/c7-6(8)4-2-1-3-5-9;/h9H,1-5H2,(H,7,8);/q;+1/p-1. The zero-order valence-electron chi connectivity index (χ0n) is 6.30. The second-order valence-electron chi connectivity index (χ2n) is 1.91. The van der Waals surface area contributed by atoms with E-state index in [1.54, 1.807) is 0 Å². The van der Waals surface area contributed by atoms with Crippen LogP contribution in [0.25, 0.3) is 0 Å². The Morgan fingerprint density at radius 3 is 2.30 bits per heavy atom. The van der Waals surface area contributed by atoms with Crippen LogP contribution in [0, 0.1) is 0 Å². The number of carbonyl (C=O) groups excluding carboxylic acids is 1. The van der Waals surface area contributed by atoms with E-state index >= 15 is 0 Å². The van der Waals surface area contributed by atoms with Crippen molar-refractivity contribution >= 4 is 18.6 Å². The largest absolute Gasteiger partial charge is 1.00 e. The van der Waals surface area contributed by atoms with E-state index < -0.39 is 5.97 Å². The third kappa shape index (κ3) is 11.6. The Balaban J connectivity index is 0. The van der Waals surface area contributed by atoms with Crippen LogP contribution in [0.15, 0.2) is 0 Å². The molecule has 0 aliphatic carbocycles. The van der Waals surface area contributed by atoms with Crippen molar-refractivity contribution in [3.8, 4) is 0 Å². The fourth-order valence-electron chi connectivity index (χ4n) is 0.558. The van der Waals surface area contributed by atoms with Crippen molar-refractivity contribution in [2.24, 2.45) is 0 Å². The van der Waals surface area contributed by atoms with Crippen LogP contribution >= 0.6 is 12.6 Å². The van der Waals surface area contributed by atoms with Crippen LogP contribution in [0.1, 0.15) is 25.7 Å². The number of unbranched alkanes of at least 4 members (excludes halogenated alkanes) is 2. The molecule has 0 aromatic heterocycles. The van der Waals surface area contributed by atoms with E-state index in [-0.39, 0.29) is 36.0 Å². The molecule has 0 saturated carbocycles. The molecule has 0 aromatic carbocycles. The Morgan fingerprint density at radius 2 is 1.90 bits per heavy atom. The molecule has 2 nitrogen and oxygen atoms in total. The van der Waals surface area contributed by atoms with Crippen molar-refractivity contribution < 1.29 is 39.5 Å². The summed E-state index contributed by atoms with van der Waals surface area (Å²) < 4.78 is 0. The van der Waals surface area contributed by atoms with E-state index in [1.807, 2.05) is 0 Å². The van der Waals surface area contributed by atoms with Gasteiger partial charge in [0.25, 0.3) is 0 Å². The van der Waals surface area contributed by atoms with Gasteiger partial charge in [-0.1, -0.05) is 6.42 Å². The number of aliphatic carboxylic acids is 1. The summed E-state index contributed by atoms with van der Waals surface area (Å²) in [6.07, 6.45) is 2.85. The first kappa shape index (κ1) is 13.4. The van der Waals surface area contributed by atoms with Crippen LogP contribution < -0.4 is 34.7 Å². The number of thiol groups is 1. The molecule has 0 N–H and O–H groups in total. The van der Waals surface area contributed by atoms with E-state index in [0.717, 1.165) is 25.0 Å². The summed E-state index contributed by atoms with van der Waals surface area (Å²) in [7, 11) is 0. The monoisotopic (exact) mass is 170 g/mol. The Labute approximate surface area is 89.1 Å². The molecule has 0 bridgehead atoms. The molecule has 0 spiro atoms. The van der Waals surface area contributed by atoms with Crippen molar-refractivity contribution in [3.05, 3.63) is 0 Å². The van der Waals surface area contributed by atoms with Gasteiger partial charge in [-0.25, -0.2) is 0 Å². The average Bonchev–Trinajstić information content (AvgIpc) is 1.80. The van der Waals surface area contributed by atoms with Crippen LogP contribution in [0.3, 0.4) is 0 Å². The van der Waals surface area contributed by atoms with Crippen molar-refractivity contribution in [2.45, 2.75) is 25.7 Å². The van der Waals surface area contributed by atoms with E-state index in [1.165, 1.54) is 0 Å². The first-order valence-electron chi connectivity index (χ1n) is 3.08. The molecule has 54 valence electrons. The summed E-state index contributed by atoms with van der Waals surface area (Å²) in [6.45, 7) is 0. The van der Waals surface area contributed by atoms with E-state index in [4.69, 9.17) is 0 Å². The molecule has 0 aliphatic rings. The smallest absolute Gasteiger partial charge is 0.550 e. The van der Waals surface area contributed by atoms with Gasteiger partial charge in [0.05, 0.1) is 0 Å². The maximum Gasteiger partial charge on any atom is 1.00 e. The Kier molecular flexibility index (Phi) is 13.2. The minimum Gasteiger partial charge on any atom is -0.550 e. The molecule has 0 fully saturated rings. The normalized spacial score (nSPS) is 8.50. The molecule has 0 rings (SSSR count). The van der Waals surface area contributed by atoms with Gasteiger partial charge in [-0.05, 0) is 25.0 Å². The second-order valence-corrected chi connectivity index (χ2v) is 2.35. The van der Waals surface area contributed by atoms with Crippen molar-refractivity contribution in [3.63, 3.8) is 0 Å². The maximum absolute atomic E-state index is 9.83. The summed E-state index contributed by atoms with van der Waals surface area (Å²) in [6, 6.07) is 0. The predicted molar refractivity (Wildman–Crippen MR) is 37.3 cm³/mol. The first-order chi connectivity index (χ1) is 4.27. The Morgan fingerprint density at radius 1 is 1.30 bits per heavy atom. The van der Waals surface area contributed by atoms with Gasteiger partial charge in [0, 0.05) is 5.97 Å². The quantitative estimate of drug-likeness (QED) is 0.276. The summed E-state index contributed by atoms with van der Waals surface area (Å²) in [5.74, 6) is -0.110. The molecular formula is C6H11NaO2S. The third-order valence-electron chi connectivity index (χ3n) is 1.04. The first-order valence-corrected chi connectivity index (χ1v) is 3.71. The molecule has 0 amide bonds. The number of carboxylic acid groups (broad SMARTS) is 1. The van der Waals surface area contributed by atoms with Gasteiger partial charge >= 0.3 is 29.6 Å². The van der Waals surface area contributed by atoms with Crippen molar-refractivity contribution in [2.75, 3.05) is 5.75 Å². The van der Waals surface area contributed by atoms with Gasteiger partial charge in [0.2, 0.25) is 0 Å². The van der Waals surface area contributed by atoms with Crippen molar-refractivity contribution in [1.29, 1.82) is 0 Å². The summed E-state index contributed by atoms with van der Waals surface area (Å²) in [4.78, 5) is 9.83. The minimum absolute atomic E-state index is 0. The van der Waals surface area contributed by atoms with E-state index in [2.05, 4.69) is 12.6 Å². The van der Waals surface area contributed by atoms with Crippen LogP contribution in [0.2, 0.25) is 0 Å². The molecule has 0 aliphatic heterocycles. The average molecular weight is 170 g/mol. The molecule has 0 atom stereocenters. The number of hydrogen-bond donors (Lipinski definition) is 1. The number of carbonyl (C=O) groups is 1. The number of hydrogen-bond acceptors (Lipinski definition) is 3. The van der Waals surface area contributed by atoms with Crippen LogP contribution in [0.5, 0.6) is 0 Å². The van der Waals surface area contributed by atoms with Gasteiger partial charge in [0.1, 0.15) is 0 Å². The Hall–Kier alpha value is 0.820. The van der Waals surface area contributed by atoms with Gasteiger partial charge < -0.3 is 9.90 Å². The fourth-order valence-corrected chi connectivity index (χ4v) is 0.782. The molecule has 0 radical (unpaired) electrons. The predicted octanol–water partition coefficient (Wildman–Crippen LogP) is -2.77. The topological polar surface area (TPSA) is 40.1 Å². The summed E-state index contributed by atoms with van der Waals surface area (Å²) in [5, 5.41) is 9.83. The molecule has 0 aromatic rings. The maximum atomic E-state index is 9.83. The second kappa shape index (κ2) is 9.82. The van der Waals surface area contributed by atoms with Crippen molar-refractivity contribution in [1.82, 2.24) is 0 Å². The summed E-state index contributed by atoms with van der Waals surface area (Å²) >= 11 is 3.98. The SMILES string of the molecule is O=C([O-])CCCCCS.[Na+]. The zero-order chi connectivity index (χ0) is 7.11. The van der Waals surface area contributed by atoms with Gasteiger partial charge in [-0.3, -0.25) is 0 Å². The molecule has 0 heterocycles. The van der Waals surface area contributed by atoms with E-state index in [0.29, 0.717) is 0 Å². The molecule has 10 heavy (non-hydrogen) atoms. The molecule has 0 saturated heterocycles. The van der Waals surface area contributed by atoms with E-state index in [9.17, 15) is 9.90 Å². The van der Waals surface area contributed by atoms with Crippen LogP contribution in [-0.4, -0.2) is 11.7 Å². The fraction of sp³-hybridized carbons (Fsp3) is 0.833. The number of carboxylic acids is 1. The zero-order valence-corrected chi connectivity index (χ0v) is 9.19. The molecule has 4 heteroatoms. The summed E-state index contributed by atoms with van der Waals surface area (Å²) in [5.41, 5.74) is 0. The third-order valence-corrected chi connectivity index (χ3v) is 1.36. The Bertz CT molecular complexity index is 87.8. The van der Waals surface area contributed by atoms with Gasteiger partial charge in [0.15, 0.2) is 0 Å². The minimum atomic E-state index is -0.950. The van der Waals surface area contributed by atoms with Gasteiger partial charge in [-0.2, -0.15) is 12.6 Å². The number of rotatable bonds is 5.